The second-order valence-electron chi connectivity index (χ2n) is 7.03. The van der Waals surface area contributed by atoms with Crippen molar-refractivity contribution in [2.24, 2.45) is 0 Å². The average Bonchev–Trinajstić information content (AvgIpc) is 3.24. The Morgan fingerprint density at radius 3 is 2.61 bits per heavy atom. The lowest BCUT2D eigenvalue weighted by Gasteiger charge is -2.38. The number of nitrogens with one attached hydrogen (secondary N) is 1. The molecule has 0 saturated carbocycles. The van der Waals surface area contributed by atoms with Gasteiger partial charge in [0, 0.05) is 41.8 Å². The van der Waals surface area contributed by atoms with Crippen molar-refractivity contribution < 1.29 is 14.1 Å². The van der Waals surface area contributed by atoms with Gasteiger partial charge in [-0.3, -0.25) is 4.79 Å². The average molecular weight is 397 g/mol. The molecule has 1 aromatic heterocycles. The first-order chi connectivity index (χ1) is 13.7. The number of nitrogens with zero attached hydrogens (tertiary/aromatic N) is 1. The maximum Gasteiger partial charge on any atom is 0.273 e. The van der Waals surface area contributed by atoms with E-state index >= 15 is 0 Å². The van der Waals surface area contributed by atoms with Gasteiger partial charge in [0.15, 0.2) is 11.5 Å². The fourth-order valence-corrected chi connectivity index (χ4v) is 3.80. The molecule has 2 heterocycles. The Morgan fingerprint density at radius 1 is 1.07 bits per heavy atom. The third-order valence-corrected chi connectivity index (χ3v) is 5.51. The number of hydrogen-bond donors (Lipinski definition) is 1. The summed E-state index contributed by atoms with van der Waals surface area (Å²) in [7, 11) is 0. The van der Waals surface area contributed by atoms with Crippen LogP contribution in [0.4, 0.5) is 0 Å². The van der Waals surface area contributed by atoms with E-state index in [1.165, 1.54) is 0 Å². The van der Waals surface area contributed by atoms with E-state index in [1.807, 2.05) is 48.5 Å². The lowest BCUT2D eigenvalue weighted by molar-refractivity contribution is 0.0486. The quantitative estimate of drug-likeness (QED) is 0.690. The van der Waals surface area contributed by atoms with Crippen molar-refractivity contribution in [1.29, 1.82) is 0 Å². The SMILES string of the molecule is O=C(NCC1(c2cccc(Cl)c2)CCOCC1)c1cc(-c2ccccc2)on1. The second kappa shape index (κ2) is 8.17. The molecule has 1 amide bonds. The molecule has 0 spiro atoms. The monoisotopic (exact) mass is 396 g/mol. The summed E-state index contributed by atoms with van der Waals surface area (Å²) in [6.07, 6.45) is 1.64. The van der Waals surface area contributed by atoms with Gasteiger partial charge in [-0.05, 0) is 30.5 Å². The van der Waals surface area contributed by atoms with Gasteiger partial charge in [0.25, 0.3) is 5.91 Å². The molecule has 2 aromatic carbocycles. The smallest absolute Gasteiger partial charge is 0.273 e. The van der Waals surface area contributed by atoms with Gasteiger partial charge < -0.3 is 14.6 Å². The molecule has 0 atom stereocenters. The second-order valence-corrected chi connectivity index (χ2v) is 7.46. The Hall–Kier alpha value is -2.63. The molecule has 0 radical (unpaired) electrons. The van der Waals surface area contributed by atoms with Gasteiger partial charge in [0.2, 0.25) is 0 Å². The van der Waals surface area contributed by atoms with E-state index in [4.69, 9.17) is 20.9 Å². The number of hydrogen-bond acceptors (Lipinski definition) is 4. The van der Waals surface area contributed by atoms with E-state index in [1.54, 1.807) is 6.07 Å². The fourth-order valence-electron chi connectivity index (χ4n) is 3.61. The van der Waals surface area contributed by atoms with E-state index < -0.39 is 0 Å². The van der Waals surface area contributed by atoms with Crippen LogP contribution < -0.4 is 5.32 Å². The maximum atomic E-state index is 12.7. The van der Waals surface area contributed by atoms with E-state index in [0.29, 0.717) is 30.5 Å². The van der Waals surface area contributed by atoms with Crippen LogP contribution in [-0.4, -0.2) is 30.8 Å². The summed E-state index contributed by atoms with van der Waals surface area (Å²) in [4.78, 5) is 12.7. The third kappa shape index (κ3) is 3.96. The number of aromatic nitrogens is 1. The number of amides is 1. The van der Waals surface area contributed by atoms with Gasteiger partial charge in [-0.15, -0.1) is 0 Å². The molecule has 28 heavy (non-hydrogen) atoms. The predicted molar refractivity (Wildman–Crippen MR) is 107 cm³/mol. The van der Waals surface area contributed by atoms with Crippen LogP contribution >= 0.6 is 11.6 Å². The first-order valence-electron chi connectivity index (χ1n) is 9.30. The van der Waals surface area contributed by atoms with Crippen LogP contribution in [-0.2, 0) is 10.2 Å². The van der Waals surface area contributed by atoms with E-state index in [0.717, 1.165) is 24.0 Å². The summed E-state index contributed by atoms with van der Waals surface area (Å²) in [5, 5.41) is 7.66. The minimum absolute atomic E-state index is 0.204. The highest BCUT2D eigenvalue weighted by molar-refractivity contribution is 6.30. The number of rotatable bonds is 5. The molecule has 1 saturated heterocycles. The summed E-state index contributed by atoms with van der Waals surface area (Å²) in [5.74, 6) is 0.320. The van der Waals surface area contributed by atoms with Crippen molar-refractivity contribution in [2.45, 2.75) is 18.3 Å². The Kier molecular flexibility index (Phi) is 5.46. The molecule has 1 N–H and O–H groups in total. The van der Waals surface area contributed by atoms with Gasteiger partial charge in [0.05, 0.1) is 0 Å². The third-order valence-electron chi connectivity index (χ3n) is 5.28. The molecule has 3 aromatic rings. The molecule has 1 aliphatic heterocycles. The zero-order valence-corrected chi connectivity index (χ0v) is 16.1. The molecular weight excluding hydrogens is 376 g/mol. The Labute approximate surface area is 168 Å². The van der Waals surface area contributed by atoms with Crippen molar-refractivity contribution in [3.63, 3.8) is 0 Å². The van der Waals surface area contributed by atoms with Crippen molar-refractivity contribution in [3.8, 4) is 11.3 Å². The van der Waals surface area contributed by atoms with Crippen molar-refractivity contribution in [1.82, 2.24) is 10.5 Å². The predicted octanol–water partition coefficient (Wildman–Crippen LogP) is 4.47. The summed E-state index contributed by atoms with van der Waals surface area (Å²) < 4.78 is 10.9. The Balaban J connectivity index is 1.50. The number of halogens is 1. The highest BCUT2D eigenvalue weighted by Gasteiger charge is 2.35. The molecule has 0 bridgehead atoms. The highest BCUT2D eigenvalue weighted by Crippen LogP contribution is 2.35. The summed E-state index contributed by atoms with van der Waals surface area (Å²) in [5.41, 5.74) is 2.07. The number of benzene rings is 2. The molecule has 4 rings (SSSR count). The van der Waals surface area contributed by atoms with E-state index in [9.17, 15) is 4.79 Å². The maximum absolute atomic E-state index is 12.7. The highest BCUT2D eigenvalue weighted by atomic mass is 35.5. The minimum Gasteiger partial charge on any atom is -0.381 e. The number of carbonyl (C=O) groups excluding carboxylic acids is 1. The molecule has 0 aliphatic carbocycles. The molecule has 1 aliphatic rings. The lowest BCUT2D eigenvalue weighted by Crippen LogP contribution is -2.44. The number of ether oxygens (including phenoxy) is 1. The normalized spacial score (nSPS) is 15.9. The number of carbonyl (C=O) groups is 1. The zero-order chi connectivity index (χ0) is 19.4. The summed E-state index contributed by atoms with van der Waals surface area (Å²) in [6.45, 7) is 1.80. The van der Waals surface area contributed by atoms with Crippen LogP contribution in [0.2, 0.25) is 5.02 Å². The van der Waals surface area contributed by atoms with Gasteiger partial charge in [-0.25, -0.2) is 0 Å². The summed E-state index contributed by atoms with van der Waals surface area (Å²) in [6, 6.07) is 19.1. The molecule has 5 nitrogen and oxygen atoms in total. The van der Waals surface area contributed by atoms with Crippen molar-refractivity contribution in [2.75, 3.05) is 19.8 Å². The lowest BCUT2D eigenvalue weighted by atomic mass is 9.74. The van der Waals surface area contributed by atoms with E-state index in [2.05, 4.69) is 16.5 Å². The molecule has 1 fully saturated rings. The molecule has 0 unspecified atom stereocenters. The standard InChI is InChI=1S/C22H21ClN2O3/c23-18-8-4-7-17(13-18)22(9-11-27-12-10-22)15-24-21(26)19-14-20(28-25-19)16-5-2-1-3-6-16/h1-8,13-14H,9-12,15H2,(H,24,26). The molecule has 6 heteroatoms. The van der Waals surface area contributed by atoms with Gasteiger partial charge in [-0.1, -0.05) is 59.2 Å². The van der Waals surface area contributed by atoms with Crippen LogP contribution in [0, 0.1) is 0 Å². The van der Waals surface area contributed by atoms with Gasteiger partial charge in [-0.2, -0.15) is 0 Å². The topological polar surface area (TPSA) is 64.4 Å². The van der Waals surface area contributed by atoms with Crippen LogP contribution in [0.3, 0.4) is 0 Å². The van der Waals surface area contributed by atoms with Crippen LogP contribution in [0.25, 0.3) is 11.3 Å². The van der Waals surface area contributed by atoms with Crippen LogP contribution in [0.1, 0.15) is 28.9 Å². The fraction of sp³-hybridized carbons (Fsp3) is 0.273. The first kappa shape index (κ1) is 18.7. The molecular formula is C22H21ClN2O3. The van der Waals surface area contributed by atoms with Gasteiger partial charge >= 0.3 is 0 Å². The van der Waals surface area contributed by atoms with Gasteiger partial charge in [0.1, 0.15) is 0 Å². The van der Waals surface area contributed by atoms with Crippen molar-refractivity contribution in [3.05, 3.63) is 76.9 Å². The minimum atomic E-state index is -0.251. The van der Waals surface area contributed by atoms with Crippen LogP contribution in [0.15, 0.2) is 65.2 Å². The first-order valence-corrected chi connectivity index (χ1v) is 9.68. The van der Waals surface area contributed by atoms with Crippen LogP contribution in [0.5, 0.6) is 0 Å². The van der Waals surface area contributed by atoms with Crippen molar-refractivity contribution >= 4 is 17.5 Å². The largest absolute Gasteiger partial charge is 0.381 e. The Morgan fingerprint density at radius 2 is 1.86 bits per heavy atom. The Bertz CT molecular complexity index is 949. The zero-order valence-electron chi connectivity index (χ0n) is 15.4. The molecule has 144 valence electrons. The summed E-state index contributed by atoms with van der Waals surface area (Å²) >= 11 is 6.20. The van der Waals surface area contributed by atoms with E-state index in [-0.39, 0.29) is 17.0 Å².